The Hall–Kier alpha value is -2.21. The van der Waals surface area contributed by atoms with Crippen LogP contribution in [-0.2, 0) is 0 Å². The molecule has 6 nitrogen and oxygen atoms in total. The van der Waals surface area contributed by atoms with Crippen molar-refractivity contribution in [2.75, 3.05) is 19.6 Å². The molecule has 1 amide bonds. The third-order valence-corrected chi connectivity index (χ3v) is 4.21. The third kappa shape index (κ3) is 3.76. The number of carbonyl (C=O) groups is 1. The van der Waals surface area contributed by atoms with E-state index in [1.807, 2.05) is 10.6 Å². The number of amides is 1. The molecule has 1 aliphatic rings. The number of likely N-dealkylation sites (tertiary alicyclic amines) is 1. The molecule has 23 heavy (non-hydrogen) atoms. The highest BCUT2D eigenvalue weighted by atomic mass is 16.2. The summed E-state index contributed by atoms with van der Waals surface area (Å²) < 4.78 is 1.81. The van der Waals surface area contributed by atoms with Crippen LogP contribution >= 0.6 is 0 Å². The number of carbonyl (C=O) groups excluding carboxylic acids is 1. The van der Waals surface area contributed by atoms with Crippen LogP contribution in [0.15, 0.2) is 36.4 Å². The number of nitrogens with zero attached hydrogens (tertiary/aromatic N) is 4. The van der Waals surface area contributed by atoms with Gasteiger partial charge in [-0.3, -0.25) is 9.69 Å². The van der Waals surface area contributed by atoms with Gasteiger partial charge in [-0.1, -0.05) is 11.6 Å². The standard InChI is InChI=1S/C17H23N5O/c1-13(2)3-8-21-9-4-14(5-10-21)20-17(23)15-16-19-7-12-22(16)11-6-18-15/h3,6-7,11-12,14H,4-5,8-10H2,1-2H3,(H,20,23). The maximum Gasteiger partial charge on any atom is 0.273 e. The zero-order valence-electron chi connectivity index (χ0n) is 13.7. The number of hydrogen-bond acceptors (Lipinski definition) is 4. The molecule has 1 N–H and O–H groups in total. The highest BCUT2D eigenvalue weighted by Crippen LogP contribution is 2.12. The van der Waals surface area contributed by atoms with Gasteiger partial charge in [0.05, 0.1) is 0 Å². The summed E-state index contributed by atoms with van der Waals surface area (Å²) >= 11 is 0. The summed E-state index contributed by atoms with van der Waals surface area (Å²) in [6.45, 7) is 7.26. The molecule has 3 rings (SSSR count). The molecule has 0 bridgehead atoms. The van der Waals surface area contributed by atoms with E-state index >= 15 is 0 Å². The van der Waals surface area contributed by atoms with Crippen LogP contribution in [0.25, 0.3) is 5.65 Å². The molecule has 0 atom stereocenters. The average Bonchev–Trinajstić information content (AvgIpc) is 3.02. The van der Waals surface area contributed by atoms with Crippen molar-refractivity contribution in [1.82, 2.24) is 24.6 Å². The summed E-state index contributed by atoms with van der Waals surface area (Å²) in [5, 5.41) is 3.11. The Morgan fingerprint density at radius 2 is 1.96 bits per heavy atom. The molecule has 2 aromatic heterocycles. The van der Waals surface area contributed by atoms with Crippen molar-refractivity contribution < 1.29 is 4.79 Å². The molecule has 0 aromatic carbocycles. The van der Waals surface area contributed by atoms with Crippen LogP contribution < -0.4 is 5.32 Å². The van der Waals surface area contributed by atoms with Crippen molar-refractivity contribution in [3.05, 3.63) is 42.1 Å². The zero-order chi connectivity index (χ0) is 16.2. The van der Waals surface area contributed by atoms with E-state index in [1.54, 1.807) is 18.6 Å². The summed E-state index contributed by atoms with van der Waals surface area (Å²) in [6, 6.07) is 0.211. The smallest absolute Gasteiger partial charge is 0.273 e. The number of nitrogens with one attached hydrogen (secondary N) is 1. The molecule has 0 unspecified atom stereocenters. The summed E-state index contributed by atoms with van der Waals surface area (Å²) in [5.41, 5.74) is 2.34. The molecule has 0 spiro atoms. The molecule has 0 saturated carbocycles. The first-order chi connectivity index (χ1) is 11.1. The normalized spacial score (nSPS) is 16.4. The Kier molecular flexibility index (Phi) is 4.71. The van der Waals surface area contributed by atoms with E-state index in [-0.39, 0.29) is 11.9 Å². The molecular formula is C17H23N5O. The predicted octanol–water partition coefficient (Wildman–Crippen LogP) is 1.89. The Morgan fingerprint density at radius 1 is 1.26 bits per heavy atom. The number of piperidine rings is 1. The molecule has 6 heteroatoms. The van der Waals surface area contributed by atoms with E-state index in [0.29, 0.717) is 11.3 Å². The number of imidazole rings is 1. The molecule has 0 radical (unpaired) electrons. The van der Waals surface area contributed by atoms with Gasteiger partial charge in [-0.05, 0) is 26.7 Å². The van der Waals surface area contributed by atoms with Gasteiger partial charge in [0, 0.05) is 50.5 Å². The number of allylic oxidation sites excluding steroid dienone is 1. The first kappa shape index (κ1) is 15.7. The van der Waals surface area contributed by atoms with Crippen LogP contribution in [-0.4, -0.2) is 50.9 Å². The fraction of sp³-hybridized carbons (Fsp3) is 0.471. The Labute approximate surface area is 136 Å². The van der Waals surface area contributed by atoms with Crippen molar-refractivity contribution in [2.24, 2.45) is 0 Å². The summed E-state index contributed by atoms with van der Waals surface area (Å²) in [5.74, 6) is -0.135. The highest BCUT2D eigenvalue weighted by molar-refractivity contribution is 5.97. The number of aromatic nitrogens is 3. The monoisotopic (exact) mass is 313 g/mol. The topological polar surface area (TPSA) is 62.5 Å². The largest absolute Gasteiger partial charge is 0.348 e. The van der Waals surface area contributed by atoms with Gasteiger partial charge in [0.25, 0.3) is 5.91 Å². The van der Waals surface area contributed by atoms with Gasteiger partial charge >= 0.3 is 0 Å². The van der Waals surface area contributed by atoms with Crippen LogP contribution in [0.1, 0.15) is 37.2 Å². The van der Waals surface area contributed by atoms with Gasteiger partial charge in [-0.25, -0.2) is 9.97 Å². The second kappa shape index (κ2) is 6.91. The molecular weight excluding hydrogens is 290 g/mol. The lowest BCUT2D eigenvalue weighted by atomic mass is 10.0. The predicted molar refractivity (Wildman–Crippen MR) is 89.3 cm³/mol. The van der Waals surface area contributed by atoms with Gasteiger partial charge in [-0.15, -0.1) is 0 Å². The fourth-order valence-corrected chi connectivity index (χ4v) is 2.84. The van der Waals surface area contributed by atoms with Gasteiger partial charge in [0.1, 0.15) is 0 Å². The minimum Gasteiger partial charge on any atom is -0.348 e. The van der Waals surface area contributed by atoms with E-state index in [2.05, 4.69) is 40.1 Å². The van der Waals surface area contributed by atoms with Crippen molar-refractivity contribution in [2.45, 2.75) is 32.7 Å². The lowest BCUT2D eigenvalue weighted by molar-refractivity contribution is 0.0910. The Morgan fingerprint density at radius 3 is 2.65 bits per heavy atom. The Balaban J connectivity index is 1.57. The fourth-order valence-electron chi connectivity index (χ4n) is 2.84. The van der Waals surface area contributed by atoms with Gasteiger partial charge in [0.2, 0.25) is 0 Å². The van der Waals surface area contributed by atoms with E-state index in [4.69, 9.17) is 0 Å². The van der Waals surface area contributed by atoms with E-state index < -0.39 is 0 Å². The maximum atomic E-state index is 12.5. The van der Waals surface area contributed by atoms with Crippen LogP contribution in [0, 0.1) is 0 Å². The second-order valence-corrected chi connectivity index (χ2v) is 6.26. The van der Waals surface area contributed by atoms with Gasteiger partial charge in [0.15, 0.2) is 11.3 Å². The number of hydrogen-bond donors (Lipinski definition) is 1. The van der Waals surface area contributed by atoms with E-state index in [1.165, 1.54) is 5.57 Å². The molecule has 2 aromatic rings. The quantitative estimate of drug-likeness (QED) is 0.876. The van der Waals surface area contributed by atoms with Crippen LogP contribution in [0.4, 0.5) is 0 Å². The van der Waals surface area contributed by atoms with Crippen molar-refractivity contribution in [3.63, 3.8) is 0 Å². The molecule has 3 heterocycles. The summed E-state index contributed by atoms with van der Waals surface area (Å²) in [7, 11) is 0. The maximum absolute atomic E-state index is 12.5. The van der Waals surface area contributed by atoms with Crippen molar-refractivity contribution in [1.29, 1.82) is 0 Å². The Bertz CT molecular complexity index is 709. The van der Waals surface area contributed by atoms with Crippen LogP contribution in [0.2, 0.25) is 0 Å². The molecule has 1 saturated heterocycles. The summed E-state index contributed by atoms with van der Waals surface area (Å²) in [6.07, 6.45) is 11.1. The lowest BCUT2D eigenvalue weighted by Gasteiger charge is -2.31. The van der Waals surface area contributed by atoms with E-state index in [0.717, 1.165) is 32.5 Å². The number of fused-ring (bicyclic) bond motifs is 1. The van der Waals surface area contributed by atoms with Crippen LogP contribution in [0.5, 0.6) is 0 Å². The third-order valence-electron chi connectivity index (χ3n) is 4.21. The van der Waals surface area contributed by atoms with Crippen molar-refractivity contribution in [3.8, 4) is 0 Å². The molecule has 122 valence electrons. The first-order valence-corrected chi connectivity index (χ1v) is 8.08. The summed E-state index contributed by atoms with van der Waals surface area (Å²) in [4.78, 5) is 23.3. The first-order valence-electron chi connectivity index (χ1n) is 8.08. The van der Waals surface area contributed by atoms with Crippen LogP contribution in [0.3, 0.4) is 0 Å². The van der Waals surface area contributed by atoms with Crippen molar-refractivity contribution >= 4 is 11.6 Å². The molecule has 0 aliphatic carbocycles. The van der Waals surface area contributed by atoms with Gasteiger partial charge in [-0.2, -0.15) is 0 Å². The van der Waals surface area contributed by atoms with Gasteiger partial charge < -0.3 is 9.72 Å². The average molecular weight is 313 g/mol. The lowest BCUT2D eigenvalue weighted by Crippen LogP contribution is -2.44. The SMILES string of the molecule is CC(C)=CCN1CCC(NC(=O)c2nccn3ccnc23)CC1. The molecule has 1 fully saturated rings. The molecule has 1 aliphatic heterocycles. The second-order valence-electron chi connectivity index (χ2n) is 6.26. The number of rotatable bonds is 4. The zero-order valence-corrected chi connectivity index (χ0v) is 13.7. The minimum atomic E-state index is -0.135. The highest BCUT2D eigenvalue weighted by Gasteiger charge is 2.22. The minimum absolute atomic E-state index is 0.135. The van der Waals surface area contributed by atoms with E-state index in [9.17, 15) is 4.79 Å².